The molecule has 184 valence electrons. The molecule has 2 aromatic carbocycles. The van der Waals surface area contributed by atoms with Gasteiger partial charge in [0.2, 0.25) is 0 Å². The Morgan fingerprint density at radius 1 is 1.11 bits per heavy atom. The van der Waals surface area contributed by atoms with Gasteiger partial charge in [0, 0.05) is 29.2 Å². The van der Waals surface area contributed by atoms with Crippen LogP contribution in [-0.2, 0) is 0 Å². The molecule has 0 saturated heterocycles. The van der Waals surface area contributed by atoms with E-state index in [1.54, 1.807) is 24.5 Å². The van der Waals surface area contributed by atoms with Gasteiger partial charge in [-0.1, -0.05) is 24.1 Å². The summed E-state index contributed by atoms with van der Waals surface area (Å²) in [6.07, 6.45) is 7.51. The van der Waals surface area contributed by atoms with Gasteiger partial charge < -0.3 is 16.2 Å². The van der Waals surface area contributed by atoms with Crippen LogP contribution >= 0.6 is 11.6 Å². The Balaban J connectivity index is 1.54. The average molecular weight is 505 g/mol. The second-order valence-corrected chi connectivity index (χ2v) is 9.75. The van der Waals surface area contributed by atoms with Crippen molar-refractivity contribution in [1.29, 1.82) is 0 Å². The van der Waals surface area contributed by atoms with E-state index in [1.165, 1.54) is 19.1 Å². The fourth-order valence-corrected chi connectivity index (χ4v) is 5.08. The number of nitrogens with zero attached hydrogens (tertiary/aromatic N) is 2. The molecule has 4 N–H and O–H groups in total. The van der Waals surface area contributed by atoms with Crippen molar-refractivity contribution in [1.82, 2.24) is 9.97 Å². The first-order chi connectivity index (χ1) is 17.3. The highest BCUT2D eigenvalue weighted by molar-refractivity contribution is 6.32. The van der Waals surface area contributed by atoms with Crippen LogP contribution in [-0.4, -0.2) is 26.9 Å². The second-order valence-electron chi connectivity index (χ2n) is 9.34. The van der Waals surface area contributed by atoms with Crippen LogP contribution in [0.5, 0.6) is 5.75 Å². The van der Waals surface area contributed by atoms with Crippen molar-refractivity contribution in [2.75, 3.05) is 5.32 Å². The number of phenolic OH excluding ortho intramolecular Hbond substituents is 1. The van der Waals surface area contributed by atoms with Crippen LogP contribution in [0.25, 0.3) is 22.0 Å². The Labute approximate surface area is 213 Å². The van der Waals surface area contributed by atoms with Gasteiger partial charge in [0.05, 0.1) is 33.7 Å². The highest BCUT2D eigenvalue weighted by Gasteiger charge is 2.22. The molecule has 2 aromatic heterocycles. The Kier molecular flexibility index (Phi) is 6.60. The van der Waals surface area contributed by atoms with Crippen LogP contribution in [0.1, 0.15) is 54.6 Å². The van der Waals surface area contributed by atoms with Gasteiger partial charge in [0.1, 0.15) is 0 Å². The molecule has 4 aromatic rings. The molecule has 0 bridgehead atoms. The zero-order chi connectivity index (χ0) is 25.4. The molecule has 0 amide bonds. The largest absolute Gasteiger partial charge is 0.504 e. The molecule has 1 aliphatic carbocycles. The fourth-order valence-electron chi connectivity index (χ4n) is 4.87. The smallest absolute Gasteiger partial charge is 0.170 e. The maximum Gasteiger partial charge on any atom is 0.170 e. The first-order valence-electron chi connectivity index (χ1n) is 11.9. The molecular formula is C28H26ClFN4O2. The summed E-state index contributed by atoms with van der Waals surface area (Å²) in [4.78, 5) is 21.6. The number of Topliss-reactive ketones (excluding diaryl/α,β-unsaturated/α-hetero) is 1. The minimum atomic E-state index is -0.809. The van der Waals surface area contributed by atoms with Crippen molar-refractivity contribution in [3.63, 3.8) is 0 Å². The Hall–Kier alpha value is -3.55. The first kappa shape index (κ1) is 24.2. The number of hydrogen-bond acceptors (Lipinski definition) is 6. The summed E-state index contributed by atoms with van der Waals surface area (Å²) in [5.41, 5.74) is 10.7. The Bertz CT molecular complexity index is 1440. The molecule has 2 heterocycles. The lowest BCUT2D eigenvalue weighted by molar-refractivity contribution is 0.101. The van der Waals surface area contributed by atoms with E-state index in [0.717, 1.165) is 37.1 Å². The number of rotatable bonds is 5. The number of carbonyl (C=O) groups is 1. The minimum absolute atomic E-state index is 0.0795. The number of halogens is 2. The van der Waals surface area contributed by atoms with Crippen LogP contribution in [0, 0.1) is 5.82 Å². The number of aromatic nitrogens is 2. The van der Waals surface area contributed by atoms with Gasteiger partial charge in [-0.2, -0.15) is 0 Å². The van der Waals surface area contributed by atoms with E-state index in [2.05, 4.69) is 15.3 Å². The molecule has 1 fully saturated rings. The number of carbonyl (C=O) groups excluding carboxylic acids is 1. The van der Waals surface area contributed by atoms with Crippen LogP contribution in [0.3, 0.4) is 0 Å². The molecule has 1 saturated carbocycles. The number of phenols is 1. The Morgan fingerprint density at radius 3 is 2.64 bits per heavy atom. The number of ketones is 1. The third kappa shape index (κ3) is 4.76. The standard InChI is InChI=1S/C28H26ClFN4O2/c1-15(35)22-14-33-26-7-5-16(18-11-23(29)28(36)24(30)12-18)10-21(26)27(22)34-20-6-8-25(32-13-20)17-3-2-4-19(31)9-17/h5-8,10-14,17,19,36H,2-4,9,31H2,1H3,(H,33,34). The fraction of sp³-hybridized carbons (Fsp3) is 0.250. The zero-order valence-electron chi connectivity index (χ0n) is 19.8. The molecule has 2 unspecified atom stereocenters. The van der Waals surface area contributed by atoms with E-state index in [9.17, 15) is 14.3 Å². The quantitative estimate of drug-likeness (QED) is 0.260. The average Bonchev–Trinajstić information content (AvgIpc) is 2.87. The van der Waals surface area contributed by atoms with Gasteiger partial charge in [-0.15, -0.1) is 0 Å². The summed E-state index contributed by atoms with van der Waals surface area (Å²) in [6.45, 7) is 1.49. The molecule has 2 atom stereocenters. The number of nitrogens with one attached hydrogen (secondary N) is 1. The van der Waals surface area contributed by atoms with Crippen LogP contribution < -0.4 is 11.1 Å². The predicted octanol–water partition coefficient (Wildman–Crippen LogP) is 6.73. The lowest BCUT2D eigenvalue weighted by atomic mass is 9.84. The summed E-state index contributed by atoms with van der Waals surface area (Å²) in [6, 6.07) is 12.3. The van der Waals surface area contributed by atoms with Crippen molar-refractivity contribution in [2.45, 2.75) is 44.6 Å². The van der Waals surface area contributed by atoms with Crippen molar-refractivity contribution in [2.24, 2.45) is 5.73 Å². The molecule has 0 radical (unpaired) electrons. The summed E-state index contributed by atoms with van der Waals surface area (Å²) < 4.78 is 14.1. The maximum absolute atomic E-state index is 14.1. The third-order valence-electron chi connectivity index (χ3n) is 6.79. The Morgan fingerprint density at radius 2 is 1.94 bits per heavy atom. The van der Waals surface area contributed by atoms with Crippen molar-refractivity contribution < 1.29 is 14.3 Å². The van der Waals surface area contributed by atoms with E-state index in [4.69, 9.17) is 17.3 Å². The highest BCUT2D eigenvalue weighted by atomic mass is 35.5. The SMILES string of the molecule is CC(=O)c1cnc2ccc(-c3cc(F)c(O)c(Cl)c3)cc2c1Nc1ccc(C2CCCC(N)C2)nc1. The van der Waals surface area contributed by atoms with Crippen molar-refractivity contribution >= 4 is 39.7 Å². The van der Waals surface area contributed by atoms with Gasteiger partial charge in [0.15, 0.2) is 17.3 Å². The molecule has 0 spiro atoms. The third-order valence-corrected chi connectivity index (χ3v) is 7.07. The molecule has 6 nitrogen and oxygen atoms in total. The predicted molar refractivity (Wildman–Crippen MR) is 141 cm³/mol. The molecular weight excluding hydrogens is 479 g/mol. The number of nitrogens with two attached hydrogens (primary N) is 1. The lowest BCUT2D eigenvalue weighted by Crippen LogP contribution is -2.27. The molecule has 5 rings (SSSR count). The number of hydrogen-bond donors (Lipinski definition) is 3. The topological polar surface area (TPSA) is 101 Å². The normalized spacial score (nSPS) is 17.8. The van der Waals surface area contributed by atoms with Crippen molar-refractivity contribution in [3.8, 4) is 16.9 Å². The minimum Gasteiger partial charge on any atom is -0.504 e. The first-order valence-corrected chi connectivity index (χ1v) is 12.3. The number of benzene rings is 2. The van der Waals surface area contributed by atoms with Gasteiger partial charge in [-0.25, -0.2) is 4.39 Å². The van der Waals surface area contributed by atoms with Gasteiger partial charge in [0.25, 0.3) is 0 Å². The number of aromatic hydroxyl groups is 1. The molecule has 8 heteroatoms. The van der Waals surface area contributed by atoms with Crippen LogP contribution in [0.4, 0.5) is 15.8 Å². The maximum atomic E-state index is 14.1. The summed E-state index contributed by atoms with van der Waals surface area (Å²) >= 11 is 6.00. The van der Waals surface area contributed by atoms with E-state index in [1.807, 2.05) is 18.2 Å². The summed E-state index contributed by atoms with van der Waals surface area (Å²) in [5.74, 6) is -1.18. The van der Waals surface area contributed by atoms with E-state index in [-0.39, 0.29) is 16.8 Å². The number of anilines is 2. The molecule has 1 aliphatic rings. The monoisotopic (exact) mass is 504 g/mol. The van der Waals surface area contributed by atoms with E-state index in [0.29, 0.717) is 39.2 Å². The summed E-state index contributed by atoms with van der Waals surface area (Å²) in [7, 11) is 0. The van der Waals surface area contributed by atoms with Crippen molar-refractivity contribution in [3.05, 3.63) is 77.0 Å². The highest BCUT2D eigenvalue weighted by Crippen LogP contribution is 2.37. The lowest BCUT2D eigenvalue weighted by Gasteiger charge is -2.26. The number of pyridine rings is 2. The molecule has 0 aliphatic heterocycles. The van der Waals surface area contributed by atoms with E-state index >= 15 is 0 Å². The van der Waals surface area contributed by atoms with E-state index < -0.39 is 11.6 Å². The second kappa shape index (κ2) is 9.84. The summed E-state index contributed by atoms with van der Waals surface area (Å²) in [5, 5.41) is 13.7. The van der Waals surface area contributed by atoms with Crippen LogP contribution in [0.15, 0.2) is 54.9 Å². The van der Waals surface area contributed by atoms with Gasteiger partial charge >= 0.3 is 0 Å². The van der Waals surface area contributed by atoms with Gasteiger partial charge in [-0.05, 0) is 73.7 Å². The van der Waals surface area contributed by atoms with Crippen LogP contribution in [0.2, 0.25) is 5.02 Å². The van der Waals surface area contributed by atoms with Gasteiger partial charge in [-0.3, -0.25) is 14.8 Å². The molecule has 36 heavy (non-hydrogen) atoms. The number of fused-ring (bicyclic) bond motifs is 1. The zero-order valence-corrected chi connectivity index (χ0v) is 20.5.